The maximum absolute atomic E-state index is 5.92. The van der Waals surface area contributed by atoms with Crippen molar-refractivity contribution in [1.82, 2.24) is 10.3 Å². The van der Waals surface area contributed by atoms with Crippen molar-refractivity contribution in [1.29, 1.82) is 0 Å². The lowest BCUT2D eigenvalue weighted by Crippen LogP contribution is -2.09. The fourth-order valence-corrected chi connectivity index (χ4v) is 3.16. The molecule has 0 bridgehead atoms. The third-order valence-electron chi connectivity index (χ3n) is 3.34. The number of hydrogen-bond donors (Lipinski definition) is 1. The lowest BCUT2D eigenvalue weighted by atomic mass is 10.2. The Morgan fingerprint density at radius 3 is 2.90 bits per heavy atom. The van der Waals surface area contributed by atoms with Crippen molar-refractivity contribution in [3.8, 4) is 10.8 Å². The first-order chi connectivity index (χ1) is 10.3. The number of likely N-dealkylation sites (N-methyl/N-ethyl adjacent to an activating group) is 1. The van der Waals surface area contributed by atoms with Gasteiger partial charge in [0.2, 0.25) is 0 Å². The number of benzene rings is 1. The van der Waals surface area contributed by atoms with Crippen molar-refractivity contribution in [3.63, 3.8) is 0 Å². The minimum atomic E-state index is 0.836. The van der Waals surface area contributed by atoms with Crippen LogP contribution >= 0.6 is 11.3 Å². The topological polar surface area (TPSA) is 38.1 Å². The van der Waals surface area contributed by atoms with E-state index in [1.54, 1.807) is 11.3 Å². The Kier molecular flexibility index (Phi) is 4.18. The molecule has 0 unspecified atom stereocenters. The van der Waals surface area contributed by atoms with Crippen molar-refractivity contribution < 1.29 is 4.42 Å². The van der Waals surface area contributed by atoms with Crippen LogP contribution in [0.5, 0.6) is 0 Å². The Labute approximate surface area is 128 Å². The first-order valence-electron chi connectivity index (χ1n) is 7.10. The van der Waals surface area contributed by atoms with Gasteiger partial charge in [0.25, 0.3) is 0 Å². The van der Waals surface area contributed by atoms with Gasteiger partial charge >= 0.3 is 0 Å². The number of thiazole rings is 1. The molecule has 0 aliphatic heterocycles. The van der Waals surface area contributed by atoms with Crippen LogP contribution in [0.2, 0.25) is 0 Å². The number of aromatic nitrogens is 1. The summed E-state index contributed by atoms with van der Waals surface area (Å²) in [5.41, 5.74) is 2.35. The molecule has 2 heterocycles. The highest BCUT2D eigenvalue weighted by atomic mass is 32.1. The molecular formula is C17H18N2OS. The average Bonchev–Trinajstić information content (AvgIpc) is 3.12. The Morgan fingerprint density at radius 2 is 2.14 bits per heavy atom. The van der Waals surface area contributed by atoms with Crippen molar-refractivity contribution in [2.75, 3.05) is 13.6 Å². The molecule has 108 valence electrons. The van der Waals surface area contributed by atoms with Gasteiger partial charge in [0.15, 0.2) is 10.8 Å². The van der Waals surface area contributed by atoms with Gasteiger partial charge in [-0.1, -0.05) is 24.6 Å². The number of hydrogen-bond acceptors (Lipinski definition) is 4. The van der Waals surface area contributed by atoms with Gasteiger partial charge in [0, 0.05) is 6.54 Å². The van der Waals surface area contributed by atoms with Crippen LogP contribution in [0.25, 0.3) is 27.1 Å². The van der Waals surface area contributed by atoms with Gasteiger partial charge in [0.05, 0.1) is 10.2 Å². The first-order valence-corrected chi connectivity index (χ1v) is 7.91. The van der Waals surface area contributed by atoms with Crippen molar-refractivity contribution in [3.05, 3.63) is 47.7 Å². The van der Waals surface area contributed by atoms with Gasteiger partial charge in [-0.3, -0.25) is 0 Å². The standard InChI is InChI=1S/C17H18N2OS/c1-3-12(11-18-2)10-13-8-9-15(20-13)17-19-14-6-4-5-7-16(14)21-17/h4-10,18H,3,11H2,1-2H3. The Hall–Kier alpha value is -1.91. The number of furan rings is 1. The molecule has 0 atom stereocenters. The smallest absolute Gasteiger partial charge is 0.163 e. The van der Waals surface area contributed by atoms with E-state index in [2.05, 4.69) is 29.4 Å². The van der Waals surface area contributed by atoms with E-state index in [0.29, 0.717) is 0 Å². The highest BCUT2D eigenvalue weighted by Gasteiger charge is 2.09. The van der Waals surface area contributed by atoms with Crippen LogP contribution in [0, 0.1) is 0 Å². The second-order valence-corrected chi connectivity index (χ2v) is 5.91. The summed E-state index contributed by atoms with van der Waals surface area (Å²) in [5, 5.41) is 4.11. The zero-order valence-corrected chi connectivity index (χ0v) is 13.0. The molecular weight excluding hydrogens is 280 g/mol. The summed E-state index contributed by atoms with van der Waals surface area (Å²) >= 11 is 1.66. The molecule has 0 aliphatic carbocycles. The molecule has 0 spiro atoms. The maximum atomic E-state index is 5.92. The molecule has 0 aliphatic rings. The Bertz CT molecular complexity index is 737. The lowest BCUT2D eigenvalue weighted by Gasteiger charge is -2.01. The van der Waals surface area contributed by atoms with Crippen LogP contribution in [-0.4, -0.2) is 18.6 Å². The Morgan fingerprint density at radius 1 is 1.29 bits per heavy atom. The highest BCUT2D eigenvalue weighted by molar-refractivity contribution is 7.21. The van der Waals surface area contributed by atoms with E-state index in [9.17, 15) is 0 Å². The normalized spacial score (nSPS) is 12.2. The molecule has 1 N–H and O–H groups in total. The number of nitrogens with zero attached hydrogens (tertiary/aromatic N) is 1. The molecule has 21 heavy (non-hydrogen) atoms. The van der Waals surface area contributed by atoms with E-state index in [1.165, 1.54) is 10.3 Å². The molecule has 0 saturated carbocycles. The predicted octanol–water partition coefficient (Wildman–Crippen LogP) is 4.57. The SMILES string of the molecule is CCC(=Cc1ccc(-c2nc3ccccc3s2)o1)CNC. The fourth-order valence-electron chi connectivity index (χ4n) is 2.23. The van der Waals surface area contributed by atoms with Crippen LogP contribution in [0.1, 0.15) is 19.1 Å². The second-order valence-electron chi connectivity index (χ2n) is 4.88. The van der Waals surface area contributed by atoms with E-state index >= 15 is 0 Å². The minimum Gasteiger partial charge on any atom is -0.454 e. The van der Waals surface area contributed by atoms with Crippen molar-refractivity contribution in [2.24, 2.45) is 0 Å². The average molecular weight is 298 g/mol. The van der Waals surface area contributed by atoms with Gasteiger partial charge in [0.1, 0.15) is 5.76 Å². The summed E-state index contributed by atoms with van der Waals surface area (Å²) in [6.07, 6.45) is 3.12. The third kappa shape index (κ3) is 3.06. The highest BCUT2D eigenvalue weighted by Crippen LogP contribution is 2.31. The van der Waals surface area contributed by atoms with Crippen LogP contribution in [0.3, 0.4) is 0 Å². The van der Waals surface area contributed by atoms with Crippen LogP contribution < -0.4 is 5.32 Å². The number of rotatable bonds is 5. The summed E-state index contributed by atoms with van der Waals surface area (Å²) < 4.78 is 7.11. The summed E-state index contributed by atoms with van der Waals surface area (Å²) in [6, 6.07) is 12.2. The van der Waals surface area contributed by atoms with Crippen LogP contribution in [-0.2, 0) is 0 Å². The molecule has 3 rings (SSSR count). The third-order valence-corrected chi connectivity index (χ3v) is 4.39. The van der Waals surface area contributed by atoms with E-state index in [-0.39, 0.29) is 0 Å². The number of fused-ring (bicyclic) bond motifs is 1. The van der Waals surface area contributed by atoms with Crippen molar-refractivity contribution >= 4 is 27.6 Å². The predicted molar refractivity (Wildman–Crippen MR) is 89.5 cm³/mol. The van der Waals surface area contributed by atoms with Gasteiger partial charge in [-0.15, -0.1) is 11.3 Å². The zero-order valence-electron chi connectivity index (χ0n) is 12.2. The zero-order chi connectivity index (χ0) is 14.7. The van der Waals surface area contributed by atoms with Crippen LogP contribution in [0.4, 0.5) is 0 Å². The van der Waals surface area contributed by atoms with Gasteiger partial charge in [-0.05, 0) is 43.8 Å². The summed E-state index contributed by atoms with van der Waals surface area (Å²) in [6.45, 7) is 3.04. The second kappa shape index (κ2) is 6.24. The molecule has 0 amide bonds. The number of para-hydroxylation sites is 1. The largest absolute Gasteiger partial charge is 0.454 e. The quantitative estimate of drug-likeness (QED) is 0.750. The van der Waals surface area contributed by atoms with Crippen molar-refractivity contribution in [2.45, 2.75) is 13.3 Å². The molecule has 0 radical (unpaired) electrons. The van der Waals surface area contributed by atoms with E-state index in [0.717, 1.165) is 35.0 Å². The molecule has 1 aromatic carbocycles. The first kappa shape index (κ1) is 14.0. The minimum absolute atomic E-state index is 0.836. The molecule has 3 nitrogen and oxygen atoms in total. The van der Waals surface area contributed by atoms with E-state index < -0.39 is 0 Å². The van der Waals surface area contributed by atoms with E-state index in [4.69, 9.17) is 4.42 Å². The molecule has 3 aromatic rings. The summed E-state index contributed by atoms with van der Waals surface area (Å²) in [5.74, 6) is 1.72. The lowest BCUT2D eigenvalue weighted by molar-refractivity contribution is 0.570. The van der Waals surface area contributed by atoms with Gasteiger partial charge < -0.3 is 9.73 Å². The monoisotopic (exact) mass is 298 g/mol. The van der Waals surface area contributed by atoms with Gasteiger partial charge in [-0.25, -0.2) is 4.98 Å². The molecule has 0 fully saturated rings. The molecule has 0 saturated heterocycles. The fraction of sp³-hybridized carbons (Fsp3) is 0.235. The van der Waals surface area contributed by atoms with E-state index in [1.807, 2.05) is 37.4 Å². The Balaban J connectivity index is 1.90. The molecule has 4 heteroatoms. The number of nitrogens with one attached hydrogen (secondary N) is 1. The van der Waals surface area contributed by atoms with Crippen LogP contribution in [0.15, 0.2) is 46.4 Å². The summed E-state index contributed by atoms with van der Waals surface area (Å²) in [4.78, 5) is 4.62. The summed E-state index contributed by atoms with van der Waals surface area (Å²) in [7, 11) is 1.96. The maximum Gasteiger partial charge on any atom is 0.163 e. The van der Waals surface area contributed by atoms with Gasteiger partial charge in [-0.2, -0.15) is 0 Å². The molecule has 2 aromatic heterocycles.